The molecule has 2 aliphatic carbocycles. The van der Waals surface area contributed by atoms with Crippen LogP contribution in [0.3, 0.4) is 0 Å². The Labute approximate surface area is 190 Å². The third-order valence-corrected chi connectivity index (χ3v) is 7.23. The lowest BCUT2D eigenvalue weighted by Gasteiger charge is -2.50. The zero-order valence-electron chi connectivity index (χ0n) is 18.5. The number of hydrogen-bond donors (Lipinski definition) is 1. The minimum absolute atomic E-state index is 0.0873. The van der Waals surface area contributed by atoms with Crippen molar-refractivity contribution in [3.8, 4) is 0 Å². The lowest BCUT2D eigenvalue weighted by Crippen LogP contribution is -2.69. The molecule has 4 nitrogen and oxygen atoms in total. The molecule has 0 spiro atoms. The fourth-order valence-corrected chi connectivity index (χ4v) is 5.06. The van der Waals surface area contributed by atoms with Gasteiger partial charge in [-0.25, -0.2) is 9.18 Å². The number of alkyl halides is 1. The molecule has 2 aromatic carbocycles. The number of carbonyl (C=O) groups is 1. The van der Waals surface area contributed by atoms with Gasteiger partial charge < -0.3 is 14.9 Å². The van der Waals surface area contributed by atoms with Crippen LogP contribution in [-0.2, 0) is 12.8 Å². The summed E-state index contributed by atoms with van der Waals surface area (Å²) in [6.45, 7) is 1.21. The fourth-order valence-electron chi connectivity index (χ4n) is 5.06. The number of halogens is 1. The molecular formula is C27H33FN2O2. The van der Waals surface area contributed by atoms with Crippen molar-refractivity contribution in [2.45, 2.75) is 62.9 Å². The highest BCUT2D eigenvalue weighted by molar-refractivity contribution is 5.77. The van der Waals surface area contributed by atoms with Gasteiger partial charge in [0.1, 0.15) is 6.17 Å². The molecule has 0 bridgehead atoms. The number of carbonyl (C=O) groups excluding carboxylic acids is 1. The SMILES string of the molecule is O=C1N(CC2CC2)[C@H]([C@@H](F)Cc2ccccc2)[C@@H](O)[C@@H](Cc2ccccc2)N1CC1CC1. The Kier molecular flexibility index (Phi) is 6.18. The Bertz CT molecular complexity index is 900. The van der Waals surface area contributed by atoms with Crippen molar-refractivity contribution in [1.29, 1.82) is 0 Å². The maximum Gasteiger partial charge on any atom is 0.320 e. The molecule has 5 heteroatoms. The predicted molar refractivity (Wildman–Crippen MR) is 123 cm³/mol. The Hall–Kier alpha value is -2.40. The van der Waals surface area contributed by atoms with Crippen molar-refractivity contribution in [2.75, 3.05) is 13.1 Å². The summed E-state index contributed by atoms with van der Waals surface area (Å²) in [4.78, 5) is 17.3. The van der Waals surface area contributed by atoms with E-state index in [2.05, 4.69) is 0 Å². The van der Waals surface area contributed by atoms with Crippen LogP contribution in [0.2, 0.25) is 0 Å². The summed E-state index contributed by atoms with van der Waals surface area (Å²) >= 11 is 0. The van der Waals surface area contributed by atoms with E-state index < -0.39 is 24.4 Å². The first kappa shape index (κ1) is 21.4. The Morgan fingerprint density at radius 2 is 1.38 bits per heavy atom. The average Bonchev–Trinajstić information content (AvgIpc) is 3.72. The van der Waals surface area contributed by atoms with Gasteiger partial charge in [0.05, 0.1) is 18.2 Å². The maximum absolute atomic E-state index is 15.9. The van der Waals surface area contributed by atoms with Gasteiger partial charge in [0.2, 0.25) is 0 Å². The number of aliphatic hydroxyl groups is 1. The van der Waals surface area contributed by atoms with E-state index in [-0.39, 0.29) is 12.5 Å². The quantitative estimate of drug-likeness (QED) is 0.631. The summed E-state index contributed by atoms with van der Waals surface area (Å²) in [5.74, 6) is 0.945. The molecule has 170 valence electrons. The van der Waals surface area contributed by atoms with Crippen LogP contribution in [0.1, 0.15) is 36.8 Å². The molecule has 3 fully saturated rings. The van der Waals surface area contributed by atoms with E-state index >= 15 is 4.39 Å². The molecule has 2 saturated carbocycles. The zero-order chi connectivity index (χ0) is 22.1. The zero-order valence-corrected chi connectivity index (χ0v) is 18.5. The summed E-state index contributed by atoms with van der Waals surface area (Å²) in [7, 11) is 0. The summed E-state index contributed by atoms with van der Waals surface area (Å²) in [6, 6.07) is 18.2. The number of hydrogen-bond acceptors (Lipinski definition) is 2. The molecular weight excluding hydrogens is 403 g/mol. The van der Waals surface area contributed by atoms with Gasteiger partial charge in [-0.1, -0.05) is 60.7 Å². The van der Waals surface area contributed by atoms with Crippen LogP contribution in [0, 0.1) is 11.8 Å². The first-order chi connectivity index (χ1) is 15.6. The first-order valence-electron chi connectivity index (χ1n) is 12.1. The fraction of sp³-hybridized carbons (Fsp3) is 0.519. The van der Waals surface area contributed by atoms with E-state index in [9.17, 15) is 9.90 Å². The highest BCUT2D eigenvalue weighted by Gasteiger charge is 2.51. The largest absolute Gasteiger partial charge is 0.389 e. The van der Waals surface area contributed by atoms with Crippen LogP contribution in [0.15, 0.2) is 60.7 Å². The first-order valence-corrected chi connectivity index (χ1v) is 12.1. The summed E-state index contributed by atoms with van der Waals surface area (Å²) < 4.78 is 15.9. The molecule has 0 unspecified atom stereocenters. The topological polar surface area (TPSA) is 43.8 Å². The number of amides is 2. The second-order valence-corrected chi connectivity index (χ2v) is 9.92. The molecule has 1 N–H and O–H groups in total. The minimum Gasteiger partial charge on any atom is -0.389 e. The van der Waals surface area contributed by atoms with E-state index in [1.54, 1.807) is 4.90 Å². The number of aliphatic hydroxyl groups excluding tert-OH is 1. The van der Waals surface area contributed by atoms with Gasteiger partial charge in [-0.15, -0.1) is 0 Å². The molecule has 1 heterocycles. The molecule has 3 aliphatic rings. The van der Waals surface area contributed by atoms with Crippen LogP contribution in [-0.4, -0.2) is 58.4 Å². The molecule has 32 heavy (non-hydrogen) atoms. The summed E-state index contributed by atoms with van der Waals surface area (Å²) in [5, 5.41) is 11.6. The normalized spacial score (nSPS) is 26.9. The van der Waals surface area contributed by atoms with Gasteiger partial charge in [-0.3, -0.25) is 0 Å². The smallest absolute Gasteiger partial charge is 0.320 e. The second-order valence-electron chi connectivity index (χ2n) is 9.92. The van der Waals surface area contributed by atoms with E-state index in [1.807, 2.05) is 65.6 Å². The summed E-state index contributed by atoms with van der Waals surface area (Å²) in [5.41, 5.74) is 1.96. The van der Waals surface area contributed by atoms with E-state index in [4.69, 9.17) is 0 Å². The lowest BCUT2D eigenvalue weighted by atomic mass is 9.87. The van der Waals surface area contributed by atoms with Crippen LogP contribution in [0.25, 0.3) is 0 Å². The third kappa shape index (κ3) is 4.83. The lowest BCUT2D eigenvalue weighted by molar-refractivity contribution is -0.0642. The van der Waals surface area contributed by atoms with Crippen LogP contribution in [0.4, 0.5) is 9.18 Å². The van der Waals surface area contributed by atoms with Gasteiger partial charge in [-0.2, -0.15) is 0 Å². The van der Waals surface area contributed by atoms with Crippen molar-refractivity contribution in [3.05, 3.63) is 71.8 Å². The van der Waals surface area contributed by atoms with Crippen molar-refractivity contribution < 1.29 is 14.3 Å². The molecule has 0 radical (unpaired) electrons. The molecule has 1 saturated heterocycles. The molecule has 0 aromatic heterocycles. The monoisotopic (exact) mass is 436 g/mol. The molecule has 5 rings (SSSR count). The van der Waals surface area contributed by atoms with E-state index in [0.717, 1.165) is 36.8 Å². The Balaban J connectivity index is 1.44. The molecule has 1 aliphatic heterocycles. The van der Waals surface area contributed by atoms with Crippen molar-refractivity contribution >= 4 is 6.03 Å². The van der Waals surface area contributed by atoms with Crippen LogP contribution < -0.4 is 0 Å². The highest BCUT2D eigenvalue weighted by atomic mass is 19.1. The number of urea groups is 1. The average molecular weight is 437 g/mol. The Morgan fingerprint density at radius 3 is 1.94 bits per heavy atom. The van der Waals surface area contributed by atoms with Gasteiger partial charge >= 0.3 is 6.03 Å². The molecule has 4 atom stereocenters. The predicted octanol–water partition coefficient (Wildman–Crippen LogP) is 4.47. The third-order valence-electron chi connectivity index (χ3n) is 7.23. The van der Waals surface area contributed by atoms with E-state index in [1.165, 1.54) is 0 Å². The van der Waals surface area contributed by atoms with Crippen molar-refractivity contribution in [3.63, 3.8) is 0 Å². The minimum atomic E-state index is -1.31. The van der Waals surface area contributed by atoms with Crippen LogP contribution in [0.5, 0.6) is 0 Å². The standard InChI is InChI=1S/C27H33FN2O2/c28-23(15-19-7-3-1-4-8-19)25-26(31)24(16-20-9-5-2-6-10-20)29(17-21-11-12-21)27(32)30(25)18-22-13-14-22/h1-10,21-26,31H,11-18H2/t23-,24+,25+,26-/m0/s1. The summed E-state index contributed by atoms with van der Waals surface area (Å²) in [6.07, 6.45) is 2.94. The van der Waals surface area contributed by atoms with Crippen molar-refractivity contribution in [1.82, 2.24) is 9.80 Å². The highest BCUT2D eigenvalue weighted by Crippen LogP contribution is 2.38. The molecule has 2 amide bonds. The number of benzene rings is 2. The van der Waals surface area contributed by atoms with Crippen LogP contribution >= 0.6 is 0 Å². The van der Waals surface area contributed by atoms with Gasteiger partial charge in [0.15, 0.2) is 0 Å². The number of rotatable bonds is 9. The van der Waals surface area contributed by atoms with E-state index in [0.29, 0.717) is 31.3 Å². The maximum atomic E-state index is 15.9. The van der Waals surface area contributed by atoms with Gasteiger partial charge in [0, 0.05) is 19.5 Å². The Morgan fingerprint density at radius 1 is 0.844 bits per heavy atom. The van der Waals surface area contributed by atoms with Crippen molar-refractivity contribution in [2.24, 2.45) is 11.8 Å². The second kappa shape index (κ2) is 9.22. The number of nitrogens with zero attached hydrogens (tertiary/aromatic N) is 2. The van der Waals surface area contributed by atoms with Gasteiger partial charge in [-0.05, 0) is 55.1 Å². The molecule has 2 aromatic rings. The van der Waals surface area contributed by atoms with Gasteiger partial charge in [0.25, 0.3) is 0 Å².